The molecule has 2 nitrogen and oxygen atoms in total. The maximum atomic E-state index is 7.29. The monoisotopic (exact) mass is 535 g/mol. The molecule has 0 spiro atoms. The number of hydrogen-bond donors (Lipinski definition) is 0. The summed E-state index contributed by atoms with van der Waals surface area (Å²) in [6.07, 6.45) is 4.25. The van der Waals surface area contributed by atoms with Crippen LogP contribution in [0.3, 0.4) is 0 Å². The fourth-order valence-corrected chi connectivity index (χ4v) is 1.13. The summed E-state index contributed by atoms with van der Waals surface area (Å²) >= 11 is 6.01. The zero-order valence-corrected chi connectivity index (χ0v) is 13.8. The molecule has 0 aliphatic heterocycles. The van der Waals surface area contributed by atoms with Crippen LogP contribution in [0.25, 0.3) is 11.5 Å². The normalized spacial score (nSPS) is 30.3. The summed E-state index contributed by atoms with van der Waals surface area (Å²) in [5.74, 6) is 0. The van der Waals surface area contributed by atoms with Gasteiger partial charge in [0.15, 0.2) is 0 Å². The molecule has 2 unspecified atom stereocenters. The van der Waals surface area contributed by atoms with Gasteiger partial charge in [-0.1, -0.05) is 25.7 Å². The summed E-state index contributed by atoms with van der Waals surface area (Å²) in [6.45, 7) is 0. The molecule has 0 aromatic heterocycles. The molecule has 1 aliphatic rings. The average Bonchev–Trinajstić information content (AvgIpc) is 1.92. The smallest absolute Gasteiger partial charge is 0.0548 e. The van der Waals surface area contributed by atoms with Gasteiger partial charge in [-0.25, -0.2) is 0 Å². The number of rotatable bonds is 0. The Morgan fingerprint density at radius 2 is 1.23 bits per heavy atom. The van der Waals surface area contributed by atoms with Gasteiger partial charge in [0.2, 0.25) is 0 Å². The zero-order valence-electron chi connectivity index (χ0n) is 6.81. The van der Waals surface area contributed by atoms with Crippen LogP contribution in [-0.4, -0.2) is 12.1 Å². The molecular formula is C6H12Br2Cl2N2Pt. The van der Waals surface area contributed by atoms with Gasteiger partial charge >= 0.3 is 55.3 Å². The molecule has 7 heteroatoms. The molecule has 1 aliphatic carbocycles. The predicted molar refractivity (Wildman–Crippen MR) is 64.2 cm³/mol. The predicted octanol–water partition coefficient (Wildman–Crippen LogP) is 5.47. The Labute approximate surface area is 103 Å². The van der Waals surface area contributed by atoms with Gasteiger partial charge in [-0.3, -0.25) is 0 Å². The summed E-state index contributed by atoms with van der Waals surface area (Å²) in [4.78, 5) is 0. The molecule has 0 radical (unpaired) electrons. The molecule has 84 valence electrons. The standard InChI is InChI=1S/C6H12N2.2BrH.2ClH.Pt/c7-5-3-1-2-4-6(5)8;;;;;/h5-8H,1-4H2;4*1H;/q-2;;;;;+6/p-4. The molecule has 13 heavy (non-hydrogen) atoms. The first kappa shape index (κ1) is 15.1. The quantitative estimate of drug-likeness (QED) is 0.393. The Kier molecular flexibility index (Phi) is 8.65. The molecule has 1 saturated carbocycles. The minimum absolute atomic E-state index is 0.0799. The summed E-state index contributed by atoms with van der Waals surface area (Å²) in [6, 6.07) is -0.160. The van der Waals surface area contributed by atoms with Crippen LogP contribution in [0.2, 0.25) is 0 Å². The Morgan fingerprint density at radius 3 is 1.38 bits per heavy atom. The molecule has 1 fully saturated rings. The zero-order chi connectivity index (χ0) is 10.5. The van der Waals surface area contributed by atoms with Crippen molar-refractivity contribution in [2.45, 2.75) is 37.8 Å². The summed E-state index contributed by atoms with van der Waals surface area (Å²) in [5, 5.41) is 0. The summed E-state index contributed by atoms with van der Waals surface area (Å²) in [5.41, 5.74) is 14.6. The molecule has 1 rings (SSSR count). The third-order valence-corrected chi connectivity index (χ3v) is 1.77. The molecule has 0 amide bonds. The van der Waals surface area contributed by atoms with Crippen molar-refractivity contribution in [3.05, 3.63) is 11.5 Å². The third-order valence-electron chi connectivity index (χ3n) is 1.77. The number of halogens is 4. The van der Waals surface area contributed by atoms with E-state index in [4.69, 9.17) is 30.3 Å². The number of nitrogens with one attached hydrogen (secondary N) is 2. The van der Waals surface area contributed by atoms with Gasteiger partial charge in [0.1, 0.15) is 0 Å². The van der Waals surface area contributed by atoms with E-state index in [1.165, 1.54) is 12.8 Å². The van der Waals surface area contributed by atoms with E-state index in [0.29, 0.717) is 0 Å². The SMILES string of the molecule is [Cl][Pt+2]([Cl])([Br])[Br].[NH-]C1CCCCC1[NH-]. The van der Waals surface area contributed by atoms with E-state index in [2.05, 4.69) is 26.6 Å². The molecule has 2 N–H and O–H groups in total. The topological polar surface area (TPSA) is 47.6 Å². The maximum absolute atomic E-state index is 7.29. The fraction of sp³-hybridized carbons (Fsp3) is 1.00. The van der Waals surface area contributed by atoms with Gasteiger partial charge in [0, 0.05) is 0 Å². The van der Waals surface area contributed by atoms with Crippen molar-refractivity contribution in [2.75, 3.05) is 0 Å². The molecule has 0 aromatic rings. The second-order valence-corrected chi connectivity index (χ2v) is 38.9. The first-order chi connectivity index (χ1) is 5.80. The van der Waals surface area contributed by atoms with E-state index >= 15 is 0 Å². The van der Waals surface area contributed by atoms with E-state index in [1.807, 2.05) is 0 Å². The van der Waals surface area contributed by atoms with Crippen molar-refractivity contribution >= 4 is 45.4 Å². The molecular weight excluding hydrogens is 526 g/mol. The fourth-order valence-electron chi connectivity index (χ4n) is 1.13. The van der Waals surface area contributed by atoms with Gasteiger partial charge in [0.25, 0.3) is 0 Å². The van der Waals surface area contributed by atoms with E-state index in [0.717, 1.165) is 12.8 Å². The third kappa shape index (κ3) is 12.1. The van der Waals surface area contributed by atoms with Crippen LogP contribution >= 0.6 is 45.4 Å². The summed E-state index contributed by atoms with van der Waals surface area (Å²) < 4.78 is 0. The first-order valence-electron chi connectivity index (χ1n) is 3.71. The second kappa shape index (κ2) is 7.43. The van der Waals surface area contributed by atoms with Crippen LogP contribution in [0.15, 0.2) is 0 Å². The van der Waals surface area contributed by atoms with E-state index < -0.39 is 9.87 Å². The van der Waals surface area contributed by atoms with Gasteiger partial charge in [-0.2, -0.15) is 12.1 Å². The van der Waals surface area contributed by atoms with Gasteiger partial charge in [-0.05, 0) is 0 Å². The van der Waals surface area contributed by atoms with Crippen LogP contribution < -0.4 is 0 Å². The minimum atomic E-state index is -2.38. The van der Waals surface area contributed by atoms with E-state index in [1.54, 1.807) is 0 Å². The summed E-state index contributed by atoms with van der Waals surface area (Å²) in [7, 11) is 8.24. The number of hydrogen-bond acceptors (Lipinski definition) is 0. The van der Waals surface area contributed by atoms with Gasteiger partial charge < -0.3 is 11.5 Å². The van der Waals surface area contributed by atoms with Crippen molar-refractivity contribution in [1.82, 2.24) is 0 Å². The average molecular weight is 538 g/mol. The molecule has 0 aromatic carbocycles. The maximum Gasteiger partial charge on any atom is -0.0548 e. The van der Waals surface area contributed by atoms with Crippen molar-refractivity contribution in [3.8, 4) is 0 Å². The van der Waals surface area contributed by atoms with Crippen LogP contribution in [0.4, 0.5) is 0 Å². The Morgan fingerprint density at radius 1 is 1.00 bits per heavy atom. The van der Waals surface area contributed by atoms with E-state index in [9.17, 15) is 0 Å². The minimum Gasteiger partial charge on any atom is -0.676 e. The van der Waals surface area contributed by atoms with E-state index in [-0.39, 0.29) is 12.1 Å². The molecule has 0 heterocycles. The second-order valence-electron chi connectivity index (χ2n) is 2.77. The van der Waals surface area contributed by atoms with Crippen LogP contribution in [0, 0.1) is 0 Å². The largest absolute Gasteiger partial charge is 0.676 e. The first-order valence-corrected chi connectivity index (χ1v) is 19.3. The Bertz CT molecular complexity index is 129. The van der Waals surface area contributed by atoms with Crippen molar-refractivity contribution in [1.29, 1.82) is 0 Å². The van der Waals surface area contributed by atoms with Crippen LogP contribution in [0.1, 0.15) is 25.7 Å². The van der Waals surface area contributed by atoms with Crippen molar-refractivity contribution < 1.29 is 9.87 Å². The van der Waals surface area contributed by atoms with Crippen LogP contribution in [0.5, 0.6) is 0 Å². The van der Waals surface area contributed by atoms with Crippen LogP contribution in [-0.2, 0) is 9.87 Å². The molecule has 0 saturated heterocycles. The van der Waals surface area contributed by atoms with Crippen molar-refractivity contribution in [3.63, 3.8) is 0 Å². The van der Waals surface area contributed by atoms with Crippen molar-refractivity contribution in [2.24, 2.45) is 0 Å². The molecule has 2 atom stereocenters. The Balaban J connectivity index is 0.000000252. The molecule has 0 bridgehead atoms. The van der Waals surface area contributed by atoms with Gasteiger partial charge in [0.05, 0.1) is 0 Å². The van der Waals surface area contributed by atoms with Gasteiger partial charge in [-0.15, -0.1) is 0 Å². The Hall–Kier alpha value is 2.15.